The first-order valence-electron chi connectivity index (χ1n) is 15.9. The van der Waals surface area contributed by atoms with Crippen molar-refractivity contribution in [3.63, 3.8) is 0 Å². The third kappa shape index (κ3) is 8.54. The lowest BCUT2D eigenvalue weighted by atomic mass is 9.82. The van der Waals surface area contributed by atoms with Crippen LogP contribution in [0.5, 0.6) is 0 Å². The molecule has 46 heavy (non-hydrogen) atoms. The second-order valence-electron chi connectivity index (χ2n) is 12.6. The highest BCUT2D eigenvalue weighted by atomic mass is 32.2. The van der Waals surface area contributed by atoms with Gasteiger partial charge in [0.2, 0.25) is 5.91 Å². The van der Waals surface area contributed by atoms with Crippen molar-refractivity contribution in [3.05, 3.63) is 88.0 Å². The van der Waals surface area contributed by atoms with Gasteiger partial charge in [-0.25, -0.2) is 0 Å². The van der Waals surface area contributed by atoms with Crippen molar-refractivity contribution in [1.82, 2.24) is 9.80 Å². The lowest BCUT2D eigenvalue weighted by Crippen LogP contribution is -2.28. The average molecular weight is 658 g/mol. The first-order valence-corrected chi connectivity index (χ1v) is 16.8. The maximum absolute atomic E-state index is 14.0. The molecule has 2 aromatic rings. The Morgan fingerprint density at radius 1 is 1.17 bits per heavy atom. The highest BCUT2D eigenvalue weighted by Gasteiger charge is 2.41. The summed E-state index contributed by atoms with van der Waals surface area (Å²) in [6, 6.07) is 11.3. The molecule has 2 aliphatic heterocycles. The Balaban J connectivity index is 0.000000369. The van der Waals surface area contributed by atoms with Crippen LogP contribution < -0.4 is 15.8 Å². The van der Waals surface area contributed by atoms with Crippen molar-refractivity contribution in [2.24, 2.45) is 22.7 Å². The molecule has 0 aromatic heterocycles. The number of hydrogen-bond donors (Lipinski definition) is 2. The van der Waals surface area contributed by atoms with Crippen LogP contribution in [0.3, 0.4) is 0 Å². The number of alkyl halides is 3. The fourth-order valence-corrected chi connectivity index (χ4v) is 6.44. The molecule has 7 nitrogen and oxygen atoms in total. The van der Waals surface area contributed by atoms with E-state index < -0.39 is 17.6 Å². The van der Waals surface area contributed by atoms with Crippen LogP contribution in [0.1, 0.15) is 85.5 Å². The van der Waals surface area contributed by atoms with Gasteiger partial charge in [0.05, 0.1) is 12.1 Å². The number of carbonyl (C=O) groups excluding carboxylic acids is 2. The van der Waals surface area contributed by atoms with Gasteiger partial charge in [0.15, 0.2) is 0 Å². The number of likely N-dealkylation sites (tertiary alicyclic amines) is 1. The maximum atomic E-state index is 14.0. The minimum Gasteiger partial charge on any atom is -0.401 e. The Labute approximate surface area is 275 Å². The zero-order chi connectivity index (χ0) is 33.6. The molecule has 2 atom stereocenters. The lowest BCUT2D eigenvalue weighted by Gasteiger charge is -2.27. The molecule has 2 heterocycles. The number of para-hydroxylation sites is 1. The van der Waals surface area contributed by atoms with Crippen LogP contribution in [0.2, 0.25) is 0 Å². The van der Waals surface area contributed by atoms with Crippen molar-refractivity contribution in [2.75, 3.05) is 31.6 Å². The molecule has 2 fully saturated rings. The van der Waals surface area contributed by atoms with Gasteiger partial charge in [0.25, 0.3) is 5.91 Å². The molecule has 2 unspecified atom stereocenters. The van der Waals surface area contributed by atoms with Crippen molar-refractivity contribution < 1.29 is 22.8 Å². The zero-order valence-electron chi connectivity index (χ0n) is 27.0. The fraction of sp³-hybridized carbons (Fsp3) is 0.486. The van der Waals surface area contributed by atoms with Gasteiger partial charge < -0.3 is 15.5 Å². The SMILES string of the molecule is C/C(SN)=C(/N)CC1CCC1.C=CC(=O)N1CCC(CCN(C)C(C)c2cc3c(c(C(F)(F)F)c2)CN(c2ccccc2)C3=O)C1. The molecule has 5 rings (SSSR count). The summed E-state index contributed by atoms with van der Waals surface area (Å²) >= 11 is 1.26. The Hall–Kier alpha value is -3.28. The van der Waals surface area contributed by atoms with Crippen LogP contribution in [-0.4, -0.2) is 48.3 Å². The number of anilines is 1. The van der Waals surface area contributed by atoms with Gasteiger partial charge in [-0.1, -0.05) is 56.0 Å². The molecular formula is C35H46F3N5O2S. The lowest BCUT2D eigenvalue weighted by molar-refractivity contribution is -0.138. The summed E-state index contributed by atoms with van der Waals surface area (Å²) in [5.74, 6) is 0.713. The Morgan fingerprint density at radius 3 is 2.46 bits per heavy atom. The van der Waals surface area contributed by atoms with E-state index in [4.69, 9.17) is 10.9 Å². The molecule has 1 saturated heterocycles. The van der Waals surface area contributed by atoms with E-state index in [1.807, 2.05) is 25.8 Å². The standard InChI is InChI=1S/C27H30F3N3O2.C8H16N2S/c1-4-25(34)32-13-11-19(16-32)10-12-31(3)18(2)20-14-22-23(24(15-20)27(28,29)30)17-33(26(22)35)21-8-6-5-7-9-21;1-6(11-10)8(9)5-7-3-2-4-7/h4-9,14-15,18-19H,1,10-13,16-17H2,2-3H3;7H,2-5,9-10H2,1H3/b;8-6-. The maximum Gasteiger partial charge on any atom is 0.416 e. The molecule has 11 heteroatoms. The number of nitrogens with zero attached hydrogens (tertiary/aromatic N) is 3. The van der Waals surface area contributed by atoms with Gasteiger partial charge in [0.1, 0.15) is 0 Å². The molecule has 1 aliphatic carbocycles. The first kappa shape index (κ1) is 35.6. The van der Waals surface area contributed by atoms with Gasteiger partial charge in [-0.15, -0.1) is 0 Å². The van der Waals surface area contributed by atoms with Crippen molar-refractivity contribution in [1.29, 1.82) is 0 Å². The smallest absolute Gasteiger partial charge is 0.401 e. The Bertz CT molecular complexity index is 1430. The molecule has 2 aromatic carbocycles. The van der Waals surface area contributed by atoms with Crippen LogP contribution >= 0.6 is 11.9 Å². The van der Waals surface area contributed by atoms with Crippen LogP contribution in [0.15, 0.2) is 65.7 Å². The summed E-state index contributed by atoms with van der Waals surface area (Å²) < 4.78 is 42.1. The second-order valence-corrected chi connectivity index (χ2v) is 13.5. The quantitative estimate of drug-likeness (QED) is 0.206. The zero-order valence-corrected chi connectivity index (χ0v) is 27.8. The molecular weight excluding hydrogens is 611 g/mol. The topological polar surface area (TPSA) is 95.9 Å². The summed E-state index contributed by atoms with van der Waals surface area (Å²) in [7, 11) is 1.88. The summed E-state index contributed by atoms with van der Waals surface area (Å²) in [5, 5.41) is 5.39. The van der Waals surface area contributed by atoms with Gasteiger partial charge in [-0.05, 0) is 100 Å². The first-order chi connectivity index (χ1) is 21.8. The van der Waals surface area contributed by atoms with Gasteiger partial charge in [0, 0.05) is 41.0 Å². The van der Waals surface area contributed by atoms with Crippen molar-refractivity contribution >= 4 is 29.4 Å². The fourth-order valence-electron chi connectivity index (χ4n) is 6.20. The molecule has 250 valence electrons. The van der Waals surface area contributed by atoms with Gasteiger partial charge >= 0.3 is 6.18 Å². The largest absolute Gasteiger partial charge is 0.416 e. The van der Waals surface area contributed by atoms with Gasteiger partial charge in [-0.3, -0.25) is 19.6 Å². The van der Waals surface area contributed by atoms with E-state index >= 15 is 0 Å². The van der Waals surface area contributed by atoms with E-state index in [1.54, 1.807) is 41.3 Å². The minimum absolute atomic E-state index is 0.0305. The van der Waals surface area contributed by atoms with Crippen LogP contribution in [-0.2, 0) is 17.5 Å². The van der Waals surface area contributed by atoms with Crippen LogP contribution in [0.4, 0.5) is 18.9 Å². The van der Waals surface area contributed by atoms with E-state index in [0.717, 1.165) is 35.8 Å². The normalized spacial score (nSPS) is 19.3. The molecule has 2 amide bonds. The summed E-state index contributed by atoms with van der Waals surface area (Å²) in [4.78, 5) is 31.2. The second kappa shape index (κ2) is 15.5. The number of carbonyl (C=O) groups is 2. The number of nitrogens with two attached hydrogens (primary N) is 2. The van der Waals surface area contributed by atoms with Crippen molar-refractivity contribution in [2.45, 2.75) is 71.1 Å². The molecule has 1 saturated carbocycles. The monoisotopic (exact) mass is 657 g/mol. The summed E-state index contributed by atoms with van der Waals surface area (Å²) in [5.41, 5.74) is 7.26. The highest BCUT2D eigenvalue weighted by molar-refractivity contribution is 8.00. The summed E-state index contributed by atoms with van der Waals surface area (Å²) in [6.07, 6.45) is 3.64. The molecule has 0 radical (unpaired) electrons. The Morgan fingerprint density at radius 2 is 1.87 bits per heavy atom. The Kier molecular flexibility index (Phi) is 12.0. The third-order valence-electron chi connectivity index (χ3n) is 9.61. The number of hydrogen-bond acceptors (Lipinski definition) is 6. The van der Waals surface area contributed by atoms with Crippen molar-refractivity contribution in [3.8, 4) is 0 Å². The number of benzene rings is 2. The predicted molar refractivity (Wildman–Crippen MR) is 180 cm³/mol. The average Bonchev–Trinajstić information content (AvgIpc) is 3.64. The molecule has 0 bridgehead atoms. The number of amides is 2. The minimum atomic E-state index is -4.56. The van der Waals surface area contributed by atoms with Gasteiger partial charge in [-0.2, -0.15) is 13.2 Å². The number of fused-ring (bicyclic) bond motifs is 1. The number of allylic oxidation sites excluding steroid dienone is 2. The molecule has 4 N–H and O–H groups in total. The van der Waals surface area contributed by atoms with Crippen LogP contribution in [0.25, 0.3) is 0 Å². The third-order valence-corrected chi connectivity index (χ3v) is 10.2. The van der Waals surface area contributed by atoms with E-state index in [-0.39, 0.29) is 29.6 Å². The van der Waals surface area contributed by atoms with E-state index in [9.17, 15) is 22.8 Å². The van der Waals surface area contributed by atoms with E-state index in [2.05, 4.69) is 6.58 Å². The molecule has 0 spiro atoms. The summed E-state index contributed by atoms with van der Waals surface area (Å²) in [6.45, 7) is 9.33. The van der Waals surface area contributed by atoms with Crippen LogP contribution in [0, 0.1) is 11.8 Å². The predicted octanol–water partition coefficient (Wildman–Crippen LogP) is 7.26. The number of halogens is 3. The van der Waals surface area contributed by atoms with E-state index in [1.165, 1.54) is 48.3 Å². The number of rotatable bonds is 10. The highest BCUT2D eigenvalue weighted by Crippen LogP contribution is 2.41. The molecule has 3 aliphatic rings. The van der Waals surface area contributed by atoms with E-state index in [0.29, 0.717) is 36.8 Å².